The van der Waals surface area contributed by atoms with Crippen LogP contribution in [0.15, 0.2) is 53.3 Å². The van der Waals surface area contributed by atoms with Crippen LogP contribution in [0.1, 0.15) is 28.1 Å². The number of hydrogen-bond acceptors (Lipinski definition) is 7. The number of carbonyl (C=O) groups excluding carboxylic acids is 1. The molecule has 1 fully saturated rings. The van der Waals surface area contributed by atoms with Crippen molar-refractivity contribution in [2.24, 2.45) is 0 Å². The minimum atomic E-state index is 0.0151. The second-order valence-electron chi connectivity index (χ2n) is 8.29. The summed E-state index contributed by atoms with van der Waals surface area (Å²) in [5, 5.41) is 3.95. The van der Waals surface area contributed by atoms with E-state index in [0.29, 0.717) is 31.2 Å². The molecule has 8 nitrogen and oxygen atoms in total. The first kappa shape index (κ1) is 23.5. The average molecular weight is 463 g/mol. The van der Waals surface area contributed by atoms with E-state index in [-0.39, 0.29) is 5.91 Å². The van der Waals surface area contributed by atoms with Gasteiger partial charge in [-0.1, -0.05) is 11.2 Å². The molecule has 0 radical (unpaired) electrons. The van der Waals surface area contributed by atoms with E-state index in [1.54, 1.807) is 13.2 Å². The number of aromatic nitrogens is 2. The Morgan fingerprint density at radius 1 is 1.09 bits per heavy atom. The molecule has 4 rings (SSSR count). The second-order valence-corrected chi connectivity index (χ2v) is 8.29. The number of hydrogen-bond donors (Lipinski definition) is 0. The zero-order chi connectivity index (χ0) is 23.9. The molecule has 1 saturated heterocycles. The second kappa shape index (κ2) is 11.0. The highest BCUT2D eigenvalue weighted by Gasteiger charge is 2.19. The van der Waals surface area contributed by atoms with Gasteiger partial charge in [-0.3, -0.25) is 14.7 Å². The lowest BCUT2D eigenvalue weighted by atomic mass is 10.1. The average Bonchev–Trinajstić information content (AvgIpc) is 3.19. The summed E-state index contributed by atoms with van der Waals surface area (Å²) < 4.78 is 16.6. The molecule has 0 bridgehead atoms. The molecule has 0 atom stereocenters. The molecule has 0 spiro atoms. The Morgan fingerprint density at radius 2 is 1.85 bits per heavy atom. The fourth-order valence-electron chi connectivity index (χ4n) is 3.91. The Hall–Kier alpha value is -3.65. The fourth-order valence-corrected chi connectivity index (χ4v) is 3.91. The quantitative estimate of drug-likeness (QED) is 0.473. The van der Waals surface area contributed by atoms with Gasteiger partial charge >= 0.3 is 0 Å². The fraction of sp³-hybridized carbons (Fsp3) is 0.346. The van der Waals surface area contributed by atoms with Gasteiger partial charge in [-0.25, -0.2) is 0 Å². The summed E-state index contributed by atoms with van der Waals surface area (Å²) in [6.07, 6.45) is 7.06. The van der Waals surface area contributed by atoms with Crippen LogP contribution in [0, 0.1) is 13.8 Å². The SMILES string of the molecule is COc1cc(C=CC(=O)N2CCN(Cc3ccncc3)CC2)ccc1OCc1c(C)noc1C. The lowest BCUT2D eigenvalue weighted by molar-refractivity contribution is -0.127. The summed E-state index contributed by atoms with van der Waals surface area (Å²) in [7, 11) is 1.60. The topological polar surface area (TPSA) is 80.9 Å². The van der Waals surface area contributed by atoms with Gasteiger partial charge in [0.05, 0.1) is 18.4 Å². The predicted octanol–water partition coefficient (Wildman–Crippen LogP) is 3.63. The van der Waals surface area contributed by atoms with Crippen LogP contribution in [0.5, 0.6) is 11.5 Å². The molecule has 34 heavy (non-hydrogen) atoms. The molecule has 8 heteroatoms. The zero-order valence-corrected chi connectivity index (χ0v) is 19.9. The smallest absolute Gasteiger partial charge is 0.246 e. The molecule has 0 unspecified atom stereocenters. The molecular weight excluding hydrogens is 432 g/mol. The third-order valence-corrected chi connectivity index (χ3v) is 6.00. The Morgan fingerprint density at radius 3 is 2.53 bits per heavy atom. The minimum absolute atomic E-state index is 0.0151. The first-order chi connectivity index (χ1) is 16.5. The van der Waals surface area contributed by atoms with Gasteiger partial charge in [0, 0.05) is 51.2 Å². The first-order valence-corrected chi connectivity index (χ1v) is 11.3. The van der Waals surface area contributed by atoms with Crippen molar-refractivity contribution in [2.75, 3.05) is 33.3 Å². The van der Waals surface area contributed by atoms with E-state index in [0.717, 1.165) is 42.2 Å². The summed E-state index contributed by atoms with van der Waals surface area (Å²) in [5.41, 5.74) is 3.85. The largest absolute Gasteiger partial charge is 0.493 e. The van der Waals surface area contributed by atoms with E-state index >= 15 is 0 Å². The van der Waals surface area contributed by atoms with Crippen LogP contribution in [0.4, 0.5) is 0 Å². The maximum atomic E-state index is 12.7. The third kappa shape index (κ3) is 5.82. The summed E-state index contributed by atoms with van der Waals surface area (Å²) in [5.74, 6) is 1.98. The number of piperazine rings is 1. The van der Waals surface area contributed by atoms with Crippen LogP contribution in [-0.2, 0) is 17.9 Å². The monoisotopic (exact) mass is 462 g/mol. The Balaban J connectivity index is 1.31. The number of benzene rings is 1. The number of carbonyl (C=O) groups is 1. The highest BCUT2D eigenvalue weighted by atomic mass is 16.5. The lowest BCUT2D eigenvalue weighted by Crippen LogP contribution is -2.47. The predicted molar refractivity (Wildman–Crippen MR) is 128 cm³/mol. The Labute approximate surface area is 199 Å². The summed E-state index contributed by atoms with van der Waals surface area (Å²) in [6.45, 7) is 8.11. The number of rotatable bonds is 8. The third-order valence-electron chi connectivity index (χ3n) is 6.00. The van der Waals surface area contributed by atoms with Crippen molar-refractivity contribution < 1.29 is 18.8 Å². The van der Waals surface area contributed by atoms with Gasteiger partial charge in [0.25, 0.3) is 0 Å². The van der Waals surface area contributed by atoms with Crippen molar-refractivity contribution in [3.8, 4) is 11.5 Å². The van der Waals surface area contributed by atoms with Crippen molar-refractivity contribution in [2.45, 2.75) is 27.0 Å². The molecule has 2 aromatic heterocycles. The van der Waals surface area contributed by atoms with Gasteiger partial charge in [-0.2, -0.15) is 0 Å². The van der Waals surface area contributed by atoms with Gasteiger partial charge in [-0.15, -0.1) is 0 Å². The molecule has 178 valence electrons. The normalized spacial score (nSPS) is 14.5. The number of pyridine rings is 1. The van der Waals surface area contributed by atoms with Crippen molar-refractivity contribution in [3.63, 3.8) is 0 Å². The maximum absolute atomic E-state index is 12.7. The number of nitrogens with zero attached hydrogens (tertiary/aromatic N) is 4. The van der Waals surface area contributed by atoms with Gasteiger partial charge in [-0.05, 0) is 55.3 Å². The molecule has 1 aromatic carbocycles. The van der Waals surface area contributed by atoms with Crippen molar-refractivity contribution >= 4 is 12.0 Å². The Bertz CT molecular complexity index is 1120. The van der Waals surface area contributed by atoms with Gasteiger partial charge < -0.3 is 18.9 Å². The van der Waals surface area contributed by atoms with Crippen LogP contribution in [0.25, 0.3) is 6.08 Å². The van der Waals surface area contributed by atoms with Crippen molar-refractivity contribution in [3.05, 3.63) is 76.9 Å². The lowest BCUT2D eigenvalue weighted by Gasteiger charge is -2.34. The summed E-state index contributed by atoms with van der Waals surface area (Å²) in [6, 6.07) is 9.67. The molecule has 1 amide bonds. The summed E-state index contributed by atoms with van der Waals surface area (Å²) >= 11 is 0. The molecule has 1 aliphatic heterocycles. The molecule has 3 heterocycles. The van der Waals surface area contributed by atoms with Crippen LogP contribution in [0.3, 0.4) is 0 Å². The molecule has 0 saturated carbocycles. The van der Waals surface area contributed by atoms with E-state index in [2.05, 4.69) is 15.0 Å². The summed E-state index contributed by atoms with van der Waals surface area (Å²) in [4.78, 5) is 21.0. The number of aryl methyl sites for hydroxylation is 2. The zero-order valence-electron chi connectivity index (χ0n) is 19.9. The van der Waals surface area contributed by atoms with Crippen LogP contribution >= 0.6 is 0 Å². The van der Waals surface area contributed by atoms with Crippen LogP contribution in [-0.4, -0.2) is 59.1 Å². The highest BCUT2D eigenvalue weighted by Crippen LogP contribution is 2.30. The van der Waals surface area contributed by atoms with E-state index in [4.69, 9.17) is 14.0 Å². The van der Waals surface area contributed by atoms with E-state index in [9.17, 15) is 4.79 Å². The standard InChI is InChI=1S/C26H30N4O4/c1-19-23(20(2)34-28-19)18-33-24-6-4-21(16-25(24)32-3)5-7-26(31)30-14-12-29(13-15-30)17-22-8-10-27-11-9-22/h4-11,16H,12-15,17-18H2,1-3H3. The number of amides is 1. The highest BCUT2D eigenvalue weighted by molar-refractivity contribution is 5.92. The van der Waals surface area contributed by atoms with Crippen LogP contribution < -0.4 is 9.47 Å². The van der Waals surface area contributed by atoms with E-state index in [1.165, 1.54) is 5.56 Å². The van der Waals surface area contributed by atoms with Crippen molar-refractivity contribution in [1.29, 1.82) is 0 Å². The van der Waals surface area contributed by atoms with Crippen LogP contribution in [0.2, 0.25) is 0 Å². The molecular formula is C26H30N4O4. The maximum Gasteiger partial charge on any atom is 0.246 e. The van der Waals surface area contributed by atoms with Crippen molar-refractivity contribution in [1.82, 2.24) is 19.9 Å². The minimum Gasteiger partial charge on any atom is -0.493 e. The van der Waals surface area contributed by atoms with Gasteiger partial charge in [0.1, 0.15) is 12.4 Å². The molecule has 3 aromatic rings. The molecule has 0 N–H and O–H groups in total. The molecule has 1 aliphatic rings. The van der Waals surface area contributed by atoms with E-state index in [1.807, 2.05) is 67.5 Å². The van der Waals surface area contributed by atoms with E-state index < -0.39 is 0 Å². The molecule has 0 aliphatic carbocycles. The Kier molecular flexibility index (Phi) is 7.59. The van der Waals surface area contributed by atoms with Gasteiger partial charge in [0.2, 0.25) is 5.91 Å². The van der Waals surface area contributed by atoms with Gasteiger partial charge in [0.15, 0.2) is 11.5 Å². The number of ether oxygens (including phenoxy) is 2. The first-order valence-electron chi connectivity index (χ1n) is 11.3. The number of methoxy groups -OCH3 is 1.